The monoisotopic (exact) mass is 354 g/mol. The Kier molecular flexibility index (Phi) is 3.48. The number of rotatable bonds is 2. The van der Waals surface area contributed by atoms with Crippen LogP contribution in [0.5, 0.6) is 0 Å². The summed E-state index contributed by atoms with van der Waals surface area (Å²) >= 11 is 3.59. The first-order valence-electron chi connectivity index (χ1n) is 6.16. The van der Waals surface area contributed by atoms with E-state index in [2.05, 4.69) is 26.2 Å². The highest BCUT2D eigenvalue weighted by molar-refractivity contribution is 9.10. The highest BCUT2D eigenvalue weighted by Gasteiger charge is 2.19. The van der Waals surface area contributed by atoms with Gasteiger partial charge in [0.15, 0.2) is 0 Å². The van der Waals surface area contributed by atoms with Gasteiger partial charge in [0, 0.05) is 29.3 Å². The number of aliphatic imine (C=N–C) groups is 1. The van der Waals surface area contributed by atoms with E-state index in [1.807, 2.05) is 12.1 Å². The fourth-order valence-corrected chi connectivity index (χ4v) is 3.20. The number of hydrogen-bond acceptors (Lipinski definition) is 4. The Morgan fingerprint density at radius 2 is 1.90 bits per heavy atom. The molecule has 1 aliphatic rings. The molecule has 1 aliphatic heterocycles. The molecule has 0 amide bonds. The topological polar surface area (TPSA) is 50.7 Å². The van der Waals surface area contributed by atoms with Crippen molar-refractivity contribution in [3.05, 3.63) is 34.7 Å². The summed E-state index contributed by atoms with van der Waals surface area (Å²) in [4.78, 5) is 4.46. The van der Waals surface area contributed by atoms with E-state index in [4.69, 9.17) is 8.83 Å². The summed E-state index contributed by atoms with van der Waals surface area (Å²) in [6.07, 6.45) is 4.16. The molecule has 6 heteroatoms. The van der Waals surface area contributed by atoms with Crippen LogP contribution in [0.4, 0.5) is 0 Å². The molecule has 0 spiro atoms. The molecule has 3 aromatic rings. The van der Waals surface area contributed by atoms with Gasteiger partial charge < -0.3 is 14.2 Å². The quantitative estimate of drug-likeness (QED) is 0.758. The molecule has 3 heterocycles. The average molecular weight is 356 g/mol. The number of hydrogen-bond donors (Lipinski definition) is 1. The van der Waals surface area contributed by atoms with Gasteiger partial charge in [0.1, 0.15) is 17.0 Å². The molecule has 0 unspecified atom stereocenters. The Morgan fingerprint density at radius 3 is 2.65 bits per heavy atom. The summed E-state index contributed by atoms with van der Waals surface area (Å²) < 4.78 is 12.2. The molecule has 2 aromatic heterocycles. The van der Waals surface area contributed by atoms with Crippen LogP contribution in [-0.2, 0) is 6.42 Å². The minimum absolute atomic E-state index is 0. The zero-order valence-electron chi connectivity index (χ0n) is 10.5. The number of nitrogens with zero attached hydrogens (tertiary/aromatic N) is 1. The Bertz CT molecular complexity index is 754. The molecule has 4 rings (SSSR count). The zero-order valence-corrected chi connectivity index (χ0v) is 12.9. The first-order chi connectivity index (χ1) is 9.34. The molecule has 0 atom stereocenters. The van der Waals surface area contributed by atoms with Crippen LogP contribution in [0.25, 0.3) is 21.9 Å². The molecule has 0 saturated heterocycles. The highest BCUT2D eigenvalue weighted by Crippen LogP contribution is 2.37. The zero-order chi connectivity index (χ0) is 12.8. The molecular weight excluding hydrogens is 344 g/mol. The summed E-state index contributed by atoms with van der Waals surface area (Å²) in [5.41, 5.74) is 2.89. The van der Waals surface area contributed by atoms with Crippen molar-refractivity contribution in [2.75, 3.05) is 13.1 Å². The van der Waals surface area contributed by atoms with Crippen LogP contribution >= 0.6 is 28.3 Å². The van der Waals surface area contributed by atoms with Crippen molar-refractivity contribution in [3.8, 4) is 0 Å². The third-order valence-electron chi connectivity index (χ3n) is 3.45. The molecule has 20 heavy (non-hydrogen) atoms. The van der Waals surface area contributed by atoms with E-state index in [9.17, 15) is 0 Å². The lowest BCUT2D eigenvalue weighted by Gasteiger charge is -2.07. The first kappa shape index (κ1) is 13.5. The average Bonchev–Trinajstić information content (AvgIpc) is 3.13. The number of furan rings is 2. The summed E-state index contributed by atoms with van der Waals surface area (Å²) in [5.74, 6) is 1.02. The molecule has 0 bridgehead atoms. The SMILES string of the molecule is Brc1c2ccoc2c(CC2=NCCN2)c2ccoc12.Cl. The maximum Gasteiger partial charge on any atom is 0.149 e. The Hall–Kier alpha value is -1.46. The summed E-state index contributed by atoms with van der Waals surface area (Å²) in [6, 6.07) is 3.93. The third kappa shape index (κ3) is 1.93. The van der Waals surface area contributed by atoms with Gasteiger partial charge in [-0.2, -0.15) is 0 Å². The largest absolute Gasteiger partial charge is 0.464 e. The van der Waals surface area contributed by atoms with Crippen molar-refractivity contribution < 1.29 is 8.83 Å². The lowest BCUT2D eigenvalue weighted by molar-refractivity contribution is 0.609. The predicted molar refractivity (Wildman–Crippen MR) is 84.9 cm³/mol. The van der Waals surface area contributed by atoms with Crippen molar-refractivity contribution >= 4 is 56.1 Å². The van der Waals surface area contributed by atoms with Crippen LogP contribution in [0, 0.1) is 0 Å². The molecule has 0 aliphatic carbocycles. The Balaban J connectivity index is 0.00000121. The number of nitrogens with one attached hydrogen (secondary N) is 1. The molecule has 104 valence electrons. The number of benzene rings is 1. The second kappa shape index (κ2) is 5.14. The fraction of sp³-hybridized carbons (Fsp3) is 0.214. The maximum absolute atomic E-state index is 5.66. The molecular formula is C14H12BrClN2O2. The molecule has 0 radical (unpaired) electrons. The normalized spacial score (nSPS) is 14.3. The van der Waals surface area contributed by atoms with Gasteiger partial charge in [0.2, 0.25) is 0 Å². The molecule has 1 aromatic carbocycles. The summed E-state index contributed by atoms with van der Waals surface area (Å²) in [6.45, 7) is 1.77. The second-order valence-corrected chi connectivity index (χ2v) is 5.34. The molecule has 1 N–H and O–H groups in total. The molecule has 0 fully saturated rings. The van der Waals surface area contributed by atoms with E-state index < -0.39 is 0 Å². The van der Waals surface area contributed by atoms with Crippen LogP contribution < -0.4 is 5.32 Å². The van der Waals surface area contributed by atoms with E-state index in [-0.39, 0.29) is 12.4 Å². The molecule has 4 nitrogen and oxygen atoms in total. The van der Waals surface area contributed by atoms with E-state index in [0.29, 0.717) is 0 Å². The highest BCUT2D eigenvalue weighted by atomic mass is 79.9. The smallest absolute Gasteiger partial charge is 0.149 e. The van der Waals surface area contributed by atoms with Crippen LogP contribution in [-0.4, -0.2) is 18.9 Å². The summed E-state index contributed by atoms with van der Waals surface area (Å²) in [5, 5.41) is 5.41. The van der Waals surface area contributed by atoms with Crippen molar-refractivity contribution in [3.63, 3.8) is 0 Å². The first-order valence-corrected chi connectivity index (χ1v) is 6.96. The van der Waals surface area contributed by atoms with Crippen molar-refractivity contribution in [1.29, 1.82) is 0 Å². The van der Waals surface area contributed by atoms with Gasteiger partial charge in [0.05, 0.1) is 23.5 Å². The standard InChI is InChI=1S/C14H11BrN2O2.ClH/c15-12-9-2-6-18-13(9)10(7-11-16-3-4-17-11)8-1-5-19-14(8)12;/h1-2,5-6H,3-4,7H2,(H,16,17);1H. The van der Waals surface area contributed by atoms with E-state index in [1.165, 1.54) is 0 Å². The number of amidine groups is 1. The summed E-state index contributed by atoms with van der Waals surface area (Å²) in [7, 11) is 0. The number of fused-ring (bicyclic) bond motifs is 2. The predicted octanol–water partition coefficient (Wildman–Crippen LogP) is 3.91. The fourth-order valence-electron chi connectivity index (χ4n) is 2.59. The van der Waals surface area contributed by atoms with Gasteiger partial charge >= 0.3 is 0 Å². The van der Waals surface area contributed by atoms with E-state index in [0.717, 1.165) is 57.3 Å². The van der Waals surface area contributed by atoms with E-state index >= 15 is 0 Å². The van der Waals surface area contributed by atoms with Crippen LogP contribution in [0.15, 0.2) is 43.0 Å². The Morgan fingerprint density at radius 1 is 1.15 bits per heavy atom. The minimum Gasteiger partial charge on any atom is -0.464 e. The van der Waals surface area contributed by atoms with Crippen LogP contribution in [0.3, 0.4) is 0 Å². The van der Waals surface area contributed by atoms with Crippen molar-refractivity contribution in [2.24, 2.45) is 4.99 Å². The van der Waals surface area contributed by atoms with Crippen molar-refractivity contribution in [2.45, 2.75) is 6.42 Å². The van der Waals surface area contributed by atoms with Gasteiger partial charge in [-0.25, -0.2) is 0 Å². The van der Waals surface area contributed by atoms with Gasteiger partial charge in [-0.1, -0.05) is 0 Å². The van der Waals surface area contributed by atoms with Crippen LogP contribution in [0.2, 0.25) is 0 Å². The maximum atomic E-state index is 5.66. The van der Waals surface area contributed by atoms with Crippen LogP contribution in [0.1, 0.15) is 5.56 Å². The minimum atomic E-state index is 0. The van der Waals surface area contributed by atoms with Gasteiger partial charge in [-0.05, 0) is 28.1 Å². The lowest BCUT2D eigenvalue weighted by Crippen LogP contribution is -2.20. The number of halogens is 2. The van der Waals surface area contributed by atoms with E-state index in [1.54, 1.807) is 12.5 Å². The Labute approximate surface area is 129 Å². The van der Waals surface area contributed by atoms with Crippen molar-refractivity contribution in [1.82, 2.24) is 5.32 Å². The molecule has 0 saturated carbocycles. The van der Waals surface area contributed by atoms with Gasteiger partial charge in [0.25, 0.3) is 0 Å². The lowest BCUT2D eigenvalue weighted by atomic mass is 10.0. The van der Waals surface area contributed by atoms with Gasteiger partial charge in [-0.15, -0.1) is 12.4 Å². The third-order valence-corrected chi connectivity index (χ3v) is 4.24. The second-order valence-electron chi connectivity index (χ2n) is 4.55. The van der Waals surface area contributed by atoms with Gasteiger partial charge in [-0.3, -0.25) is 4.99 Å².